The summed E-state index contributed by atoms with van der Waals surface area (Å²) in [5, 5.41) is 16.4. The van der Waals surface area contributed by atoms with Crippen molar-refractivity contribution in [3.8, 4) is 0 Å². The number of rotatable bonds is 3. The molecule has 0 aliphatic heterocycles. The Morgan fingerprint density at radius 1 is 1.50 bits per heavy atom. The molecule has 0 amide bonds. The molecule has 88 valence electrons. The minimum Gasteiger partial charge on any atom is -0.481 e. The van der Waals surface area contributed by atoms with E-state index in [0.717, 1.165) is 25.7 Å². The topological polar surface area (TPSA) is 94.0 Å². The molecule has 1 fully saturated rings. The first-order valence-electron chi connectivity index (χ1n) is 5.54. The van der Waals surface area contributed by atoms with Crippen LogP contribution in [-0.2, 0) is 4.79 Å². The number of anilines is 1. The van der Waals surface area contributed by atoms with Crippen LogP contribution in [0.25, 0.3) is 0 Å². The van der Waals surface area contributed by atoms with E-state index in [-0.39, 0.29) is 6.42 Å². The van der Waals surface area contributed by atoms with E-state index in [4.69, 9.17) is 10.8 Å². The van der Waals surface area contributed by atoms with Crippen molar-refractivity contribution in [2.75, 3.05) is 5.73 Å². The normalized spacial score (nSPS) is 25.5. The van der Waals surface area contributed by atoms with Gasteiger partial charge in [0, 0.05) is 6.42 Å². The highest BCUT2D eigenvalue weighted by Crippen LogP contribution is 2.33. The summed E-state index contributed by atoms with van der Waals surface area (Å²) in [7, 11) is 0. The van der Waals surface area contributed by atoms with Crippen LogP contribution in [0.2, 0.25) is 0 Å². The van der Waals surface area contributed by atoms with Gasteiger partial charge in [0.2, 0.25) is 0 Å². The fourth-order valence-electron chi connectivity index (χ4n) is 2.33. The minimum absolute atomic E-state index is 0.284. The number of aromatic nitrogens is 3. The zero-order chi connectivity index (χ0) is 11.5. The van der Waals surface area contributed by atoms with Crippen molar-refractivity contribution in [1.82, 2.24) is 15.0 Å². The molecule has 0 radical (unpaired) electrons. The summed E-state index contributed by atoms with van der Waals surface area (Å²) in [5.41, 5.74) is 5.51. The summed E-state index contributed by atoms with van der Waals surface area (Å²) in [6, 6.07) is 0.329. The van der Waals surface area contributed by atoms with Crippen LogP contribution in [0.1, 0.15) is 38.1 Å². The van der Waals surface area contributed by atoms with Crippen molar-refractivity contribution in [2.45, 2.75) is 38.1 Å². The molecule has 0 unspecified atom stereocenters. The molecule has 0 aromatic carbocycles. The van der Waals surface area contributed by atoms with Gasteiger partial charge in [0.05, 0.1) is 12.2 Å². The van der Waals surface area contributed by atoms with Gasteiger partial charge < -0.3 is 10.8 Å². The predicted octanol–water partition coefficient (Wildman–Crippen LogP) is 1.07. The lowest BCUT2D eigenvalue weighted by Gasteiger charge is -2.27. The van der Waals surface area contributed by atoms with E-state index in [2.05, 4.69) is 10.3 Å². The number of carboxylic acid groups (broad SMARTS) is 1. The van der Waals surface area contributed by atoms with E-state index < -0.39 is 5.97 Å². The summed E-state index contributed by atoms with van der Waals surface area (Å²) in [6.07, 6.45) is 5.82. The second-order valence-electron chi connectivity index (χ2n) is 4.40. The molecule has 6 nitrogen and oxygen atoms in total. The Kier molecular flexibility index (Phi) is 3.07. The van der Waals surface area contributed by atoms with Gasteiger partial charge in [-0.25, -0.2) is 4.68 Å². The van der Waals surface area contributed by atoms with E-state index in [9.17, 15) is 4.79 Å². The number of hydrogen-bond donors (Lipinski definition) is 2. The summed E-state index contributed by atoms with van der Waals surface area (Å²) >= 11 is 0. The van der Waals surface area contributed by atoms with Gasteiger partial charge in [-0.05, 0) is 31.6 Å². The maximum atomic E-state index is 10.6. The number of aliphatic carboxylic acids is 1. The van der Waals surface area contributed by atoms with E-state index in [1.165, 1.54) is 0 Å². The molecule has 1 aromatic rings. The minimum atomic E-state index is -0.701. The largest absolute Gasteiger partial charge is 0.481 e. The molecule has 1 heterocycles. The monoisotopic (exact) mass is 224 g/mol. The summed E-state index contributed by atoms with van der Waals surface area (Å²) in [4.78, 5) is 10.6. The first kappa shape index (κ1) is 10.9. The average molecular weight is 224 g/mol. The molecule has 0 spiro atoms. The molecule has 0 saturated heterocycles. The van der Waals surface area contributed by atoms with Crippen molar-refractivity contribution < 1.29 is 9.90 Å². The highest BCUT2D eigenvalue weighted by molar-refractivity contribution is 5.67. The summed E-state index contributed by atoms with van der Waals surface area (Å²) < 4.78 is 1.80. The van der Waals surface area contributed by atoms with Crippen molar-refractivity contribution in [2.24, 2.45) is 5.92 Å². The first-order valence-corrected chi connectivity index (χ1v) is 5.54. The molecule has 0 bridgehead atoms. The number of hydrogen-bond acceptors (Lipinski definition) is 4. The number of nitrogens with zero attached hydrogens (tertiary/aromatic N) is 3. The smallest absolute Gasteiger partial charge is 0.303 e. The van der Waals surface area contributed by atoms with Crippen LogP contribution in [0.4, 0.5) is 5.82 Å². The average Bonchev–Trinajstić information content (AvgIpc) is 2.65. The molecule has 1 aliphatic rings. The second kappa shape index (κ2) is 4.51. The number of carboxylic acids is 1. The lowest BCUT2D eigenvalue weighted by Crippen LogP contribution is -2.20. The van der Waals surface area contributed by atoms with Gasteiger partial charge in [0.1, 0.15) is 0 Å². The molecule has 1 aliphatic carbocycles. The fourth-order valence-corrected chi connectivity index (χ4v) is 2.33. The Labute approximate surface area is 93.4 Å². The number of carbonyl (C=O) groups is 1. The van der Waals surface area contributed by atoms with Gasteiger partial charge in [-0.3, -0.25) is 4.79 Å². The summed E-state index contributed by atoms with van der Waals surface area (Å²) in [5.74, 6) is 0.0516. The highest BCUT2D eigenvalue weighted by atomic mass is 16.4. The van der Waals surface area contributed by atoms with Crippen LogP contribution in [0.15, 0.2) is 6.20 Å². The third kappa shape index (κ3) is 2.50. The van der Waals surface area contributed by atoms with E-state index >= 15 is 0 Å². The van der Waals surface area contributed by atoms with Gasteiger partial charge in [0.15, 0.2) is 5.82 Å². The van der Waals surface area contributed by atoms with Crippen molar-refractivity contribution >= 4 is 11.8 Å². The predicted molar refractivity (Wildman–Crippen MR) is 57.7 cm³/mol. The quantitative estimate of drug-likeness (QED) is 0.800. The number of nitrogens with two attached hydrogens (primary N) is 1. The second-order valence-corrected chi connectivity index (χ2v) is 4.40. The third-order valence-electron chi connectivity index (χ3n) is 3.18. The van der Waals surface area contributed by atoms with E-state index in [0.29, 0.717) is 17.8 Å². The molecule has 16 heavy (non-hydrogen) atoms. The molecular weight excluding hydrogens is 208 g/mol. The van der Waals surface area contributed by atoms with Crippen molar-refractivity contribution in [3.05, 3.63) is 6.20 Å². The number of nitrogen functional groups attached to an aromatic ring is 1. The lowest BCUT2D eigenvalue weighted by molar-refractivity contribution is -0.138. The maximum Gasteiger partial charge on any atom is 0.303 e. The molecule has 1 saturated carbocycles. The van der Waals surface area contributed by atoms with Gasteiger partial charge in [-0.1, -0.05) is 5.21 Å². The standard InChI is InChI=1S/C10H16N4O2/c11-9-6-14(13-12-9)8-3-1-7(2-4-8)5-10(15)16/h6-8H,1-5,11H2,(H,15,16). The van der Waals surface area contributed by atoms with Crippen molar-refractivity contribution in [1.29, 1.82) is 0 Å². The van der Waals surface area contributed by atoms with Crippen LogP contribution < -0.4 is 5.73 Å². The van der Waals surface area contributed by atoms with Crippen molar-refractivity contribution in [3.63, 3.8) is 0 Å². The lowest BCUT2D eigenvalue weighted by atomic mass is 9.84. The Hall–Kier alpha value is -1.59. The SMILES string of the molecule is Nc1cn(C2CCC(CC(=O)O)CC2)nn1. The molecule has 0 atom stereocenters. The van der Waals surface area contributed by atoms with Crippen LogP contribution >= 0.6 is 0 Å². The zero-order valence-electron chi connectivity index (χ0n) is 9.04. The van der Waals surface area contributed by atoms with Gasteiger partial charge >= 0.3 is 5.97 Å². The van der Waals surface area contributed by atoms with Crippen LogP contribution in [-0.4, -0.2) is 26.1 Å². The zero-order valence-corrected chi connectivity index (χ0v) is 9.04. The summed E-state index contributed by atoms with van der Waals surface area (Å²) in [6.45, 7) is 0. The fraction of sp³-hybridized carbons (Fsp3) is 0.700. The van der Waals surface area contributed by atoms with Crippen LogP contribution in [0, 0.1) is 5.92 Å². The Bertz CT molecular complexity index is 369. The van der Waals surface area contributed by atoms with E-state index in [1.54, 1.807) is 10.9 Å². The van der Waals surface area contributed by atoms with Gasteiger partial charge in [-0.15, -0.1) is 5.10 Å². The Balaban J connectivity index is 1.87. The van der Waals surface area contributed by atoms with Crippen LogP contribution in [0.5, 0.6) is 0 Å². The Morgan fingerprint density at radius 2 is 2.19 bits per heavy atom. The highest BCUT2D eigenvalue weighted by Gasteiger charge is 2.24. The van der Waals surface area contributed by atoms with Gasteiger partial charge in [0.25, 0.3) is 0 Å². The molecule has 6 heteroatoms. The molecule has 2 rings (SSSR count). The molecule has 1 aromatic heterocycles. The maximum absolute atomic E-state index is 10.6. The van der Waals surface area contributed by atoms with E-state index in [1.807, 2.05) is 0 Å². The first-order chi connectivity index (χ1) is 7.65. The van der Waals surface area contributed by atoms with Gasteiger partial charge in [-0.2, -0.15) is 0 Å². The molecule has 3 N–H and O–H groups in total. The molecular formula is C10H16N4O2. The Morgan fingerprint density at radius 3 is 2.69 bits per heavy atom. The van der Waals surface area contributed by atoms with Crippen LogP contribution in [0.3, 0.4) is 0 Å². The third-order valence-corrected chi connectivity index (χ3v) is 3.18.